The third kappa shape index (κ3) is 5.88. The van der Waals surface area contributed by atoms with Crippen LogP contribution in [0, 0.1) is 0 Å². The molecule has 0 saturated carbocycles. The van der Waals surface area contributed by atoms with Crippen LogP contribution in [0.2, 0.25) is 0 Å². The topological polar surface area (TPSA) is 106 Å². The number of ether oxygens (including phenoxy) is 1. The fourth-order valence-corrected chi connectivity index (χ4v) is 4.62. The predicted molar refractivity (Wildman–Crippen MR) is 146 cm³/mol. The Balaban J connectivity index is 1.59. The van der Waals surface area contributed by atoms with Gasteiger partial charge in [0.1, 0.15) is 11.4 Å². The van der Waals surface area contributed by atoms with Gasteiger partial charge < -0.3 is 24.8 Å². The van der Waals surface area contributed by atoms with E-state index >= 15 is 0 Å². The number of nitrogens with one attached hydrogen (secondary N) is 1. The normalized spacial score (nSPS) is 18.2. The molecule has 0 spiro atoms. The van der Waals surface area contributed by atoms with Crippen LogP contribution in [0.15, 0.2) is 42.0 Å². The maximum Gasteiger partial charge on any atom is 0.246 e. The molecule has 0 aliphatic carbocycles. The highest BCUT2D eigenvalue weighted by molar-refractivity contribution is 5.88. The van der Waals surface area contributed by atoms with Crippen LogP contribution in [-0.2, 0) is 9.59 Å². The van der Waals surface area contributed by atoms with Crippen LogP contribution in [0.3, 0.4) is 0 Å². The molecule has 2 aliphatic rings. The molecule has 0 bridgehead atoms. The molecule has 1 N–H and O–H groups in total. The van der Waals surface area contributed by atoms with Gasteiger partial charge in [0.25, 0.3) is 0 Å². The van der Waals surface area contributed by atoms with E-state index in [0.717, 1.165) is 38.3 Å². The minimum Gasteiger partial charge on any atom is -0.494 e. The average molecular weight is 507 g/mol. The minimum atomic E-state index is -0.229. The Labute approximate surface area is 217 Å². The fourth-order valence-electron chi connectivity index (χ4n) is 4.62. The van der Waals surface area contributed by atoms with Crippen LogP contribution < -0.4 is 19.9 Å². The Kier molecular flexibility index (Phi) is 8.34. The van der Waals surface area contributed by atoms with Crippen molar-refractivity contribution in [2.75, 3.05) is 68.5 Å². The highest BCUT2D eigenvalue weighted by Crippen LogP contribution is 2.34. The fraction of sp³-hybridized carbons (Fsp3) is 0.423. The molecule has 2 saturated heterocycles. The average Bonchev–Trinajstić information content (AvgIpc) is 3.41. The van der Waals surface area contributed by atoms with Crippen LogP contribution in [0.5, 0.6) is 5.75 Å². The van der Waals surface area contributed by atoms with Crippen molar-refractivity contribution >= 4 is 47.4 Å². The van der Waals surface area contributed by atoms with Crippen molar-refractivity contribution in [3.63, 3.8) is 0 Å². The van der Waals surface area contributed by atoms with Crippen LogP contribution in [0.4, 0.5) is 28.8 Å². The molecule has 11 heteroatoms. The molecule has 11 nitrogen and oxygen atoms in total. The second-order valence-electron chi connectivity index (χ2n) is 9.03. The van der Waals surface area contributed by atoms with Crippen molar-refractivity contribution in [3.8, 4) is 5.75 Å². The Morgan fingerprint density at radius 1 is 1.27 bits per heavy atom. The van der Waals surface area contributed by atoms with E-state index in [9.17, 15) is 9.59 Å². The number of anilines is 4. The second kappa shape index (κ2) is 11.8. The Morgan fingerprint density at radius 2 is 2.05 bits per heavy atom. The van der Waals surface area contributed by atoms with Crippen molar-refractivity contribution in [1.82, 2.24) is 19.8 Å². The first-order chi connectivity index (χ1) is 18.0. The number of likely N-dealkylation sites (N-methyl/N-ethyl adjacent to an activating group) is 1. The largest absolute Gasteiger partial charge is 0.494 e. The molecule has 4 rings (SSSR count). The number of carbonyl (C=O) groups excluding carboxylic acids is 2. The summed E-state index contributed by atoms with van der Waals surface area (Å²) < 4.78 is 5.67. The summed E-state index contributed by atoms with van der Waals surface area (Å²) in [5.74, 6) is 1.19. The highest BCUT2D eigenvalue weighted by atomic mass is 16.5. The lowest BCUT2D eigenvalue weighted by atomic mass is 10.2. The van der Waals surface area contributed by atoms with Gasteiger partial charge in [-0.25, -0.2) is 4.98 Å². The molecule has 1 aromatic heterocycles. The zero-order chi connectivity index (χ0) is 26.4. The van der Waals surface area contributed by atoms with Gasteiger partial charge in [0.15, 0.2) is 5.82 Å². The van der Waals surface area contributed by atoms with Crippen molar-refractivity contribution in [2.24, 2.45) is 4.99 Å². The zero-order valence-electron chi connectivity index (χ0n) is 21.6. The summed E-state index contributed by atoms with van der Waals surface area (Å²) in [6, 6.07) is 5.77. The van der Waals surface area contributed by atoms with E-state index in [1.165, 1.54) is 11.0 Å². The van der Waals surface area contributed by atoms with Crippen LogP contribution in [0.1, 0.15) is 13.3 Å². The molecule has 0 unspecified atom stereocenters. The lowest BCUT2D eigenvalue weighted by Crippen LogP contribution is -2.44. The molecule has 1 aromatic carbocycles. The number of likely N-dealkylation sites (tertiary alicyclic amines) is 1. The van der Waals surface area contributed by atoms with Crippen molar-refractivity contribution in [3.05, 3.63) is 37.1 Å². The van der Waals surface area contributed by atoms with Gasteiger partial charge in [-0.15, -0.1) is 0 Å². The van der Waals surface area contributed by atoms with Crippen molar-refractivity contribution in [1.29, 1.82) is 0 Å². The lowest BCUT2D eigenvalue weighted by Gasteiger charge is -2.34. The molecule has 2 amide bonds. The molecule has 37 heavy (non-hydrogen) atoms. The smallest absolute Gasteiger partial charge is 0.246 e. The van der Waals surface area contributed by atoms with E-state index in [4.69, 9.17) is 4.74 Å². The summed E-state index contributed by atoms with van der Waals surface area (Å²) in [6.45, 7) is 10.2. The quantitative estimate of drug-likeness (QED) is 0.314. The van der Waals surface area contributed by atoms with Gasteiger partial charge in [-0.1, -0.05) is 6.58 Å². The highest BCUT2D eigenvalue weighted by Gasteiger charge is 2.32. The number of hydrogen-bond acceptors (Lipinski definition) is 9. The SMILES string of the molecule is C=CC(=O)N1CC[C@H](N(C=O)c2nc(Nc3ccc(N4CCN(C)CC4)cc3OC)ncc2/N=C\C)C1. The monoisotopic (exact) mass is 506 g/mol. The van der Waals surface area contributed by atoms with Gasteiger partial charge in [0.05, 0.1) is 25.0 Å². The first-order valence-electron chi connectivity index (χ1n) is 12.4. The van der Waals surface area contributed by atoms with Crippen LogP contribution in [-0.4, -0.2) is 97.8 Å². The van der Waals surface area contributed by atoms with Crippen LogP contribution in [0.25, 0.3) is 0 Å². The number of aliphatic imine (C=N–C) groups is 1. The minimum absolute atomic E-state index is 0.155. The van der Waals surface area contributed by atoms with Crippen LogP contribution >= 0.6 is 0 Å². The Bertz CT molecular complexity index is 1160. The molecular formula is C26H34N8O3. The Hall–Kier alpha value is -3.99. The molecule has 3 heterocycles. The number of aromatic nitrogens is 2. The van der Waals surface area contributed by atoms with Gasteiger partial charge in [-0.3, -0.25) is 19.5 Å². The lowest BCUT2D eigenvalue weighted by molar-refractivity contribution is -0.125. The number of benzene rings is 1. The van der Waals surface area contributed by atoms with Gasteiger partial charge in [0, 0.05) is 57.2 Å². The number of methoxy groups -OCH3 is 1. The van der Waals surface area contributed by atoms with Gasteiger partial charge >= 0.3 is 0 Å². The number of nitrogens with zero attached hydrogens (tertiary/aromatic N) is 7. The summed E-state index contributed by atoms with van der Waals surface area (Å²) in [5.41, 5.74) is 2.27. The number of piperazine rings is 1. The first kappa shape index (κ1) is 26.1. The second-order valence-corrected chi connectivity index (χ2v) is 9.03. The number of rotatable bonds is 9. The van der Waals surface area contributed by atoms with E-state index in [1.807, 2.05) is 18.2 Å². The van der Waals surface area contributed by atoms with Crippen molar-refractivity contribution in [2.45, 2.75) is 19.4 Å². The molecule has 2 fully saturated rings. The summed E-state index contributed by atoms with van der Waals surface area (Å²) in [5, 5.41) is 3.23. The molecule has 2 aromatic rings. The standard InChI is InChI=1S/C26H34N8O3/c1-5-24(36)33-10-9-20(17-33)34(18-35)25-22(27-6-2)16-28-26(30-25)29-21-8-7-19(15-23(21)37-4)32-13-11-31(3)12-14-32/h5-8,15-16,18,20H,1,9-14,17H2,2-4H3,(H,28,29,30)/b27-6-/t20-/m0/s1. The molecule has 196 valence electrons. The summed E-state index contributed by atoms with van der Waals surface area (Å²) in [4.78, 5) is 45.6. The Morgan fingerprint density at radius 3 is 2.73 bits per heavy atom. The maximum absolute atomic E-state index is 12.2. The molecule has 2 aliphatic heterocycles. The van der Waals surface area contributed by atoms with Gasteiger partial charge in [-0.05, 0) is 38.6 Å². The van der Waals surface area contributed by atoms with E-state index in [1.54, 1.807) is 31.3 Å². The van der Waals surface area contributed by atoms with E-state index < -0.39 is 0 Å². The summed E-state index contributed by atoms with van der Waals surface area (Å²) >= 11 is 0. The predicted octanol–water partition coefficient (Wildman–Crippen LogP) is 2.45. The van der Waals surface area contributed by atoms with E-state index in [2.05, 4.69) is 43.7 Å². The number of carbonyl (C=O) groups is 2. The third-order valence-corrected chi connectivity index (χ3v) is 6.72. The van der Waals surface area contributed by atoms with Gasteiger partial charge in [0.2, 0.25) is 18.3 Å². The van der Waals surface area contributed by atoms with E-state index in [0.29, 0.717) is 48.4 Å². The maximum atomic E-state index is 12.2. The van der Waals surface area contributed by atoms with E-state index in [-0.39, 0.29) is 11.9 Å². The molecular weight excluding hydrogens is 472 g/mol. The van der Waals surface area contributed by atoms with Gasteiger partial charge in [-0.2, -0.15) is 4.98 Å². The number of amides is 2. The van der Waals surface area contributed by atoms with Crippen molar-refractivity contribution < 1.29 is 14.3 Å². The molecule has 0 radical (unpaired) electrons. The first-order valence-corrected chi connectivity index (χ1v) is 12.4. The summed E-state index contributed by atoms with van der Waals surface area (Å²) in [7, 11) is 3.76. The third-order valence-electron chi connectivity index (χ3n) is 6.72. The zero-order valence-corrected chi connectivity index (χ0v) is 21.6. The summed E-state index contributed by atoms with van der Waals surface area (Å²) in [6.07, 6.45) is 5.85. The number of hydrogen-bond donors (Lipinski definition) is 1. The molecule has 1 atom stereocenters.